The number of rotatable bonds is 3. The van der Waals surface area contributed by atoms with E-state index < -0.39 is 0 Å². The molecule has 1 heterocycles. The van der Waals surface area contributed by atoms with Gasteiger partial charge in [0.1, 0.15) is 0 Å². The van der Waals surface area contributed by atoms with Crippen LogP contribution in [0.2, 0.25) is 0 Å². The summed E-state index contributed by atoms with van der Waals surface area (Å²) in [5, 5.41) is 9.11. The van der Waals surface area contributed by atoms with Gasteiger partial charge < -0.3 is 10.0 Å². The van der Waals surface area contributed by atoms with Gasteiger partial charge in [-0.2, -0.15) is 0 Å². The molecule has 1 fully saturated rings. The number of amides is 1. The van der Waals surface area contributed by atoms with E-state index in [4.69, 9.17) is 5.11 Å². The van der Waals surface area contributed by atoms with E-state index in [9.17, 15) is 4.79 Å². The number of aliphatic hydroxyl groups excluding tert-OH is 1. The van der Waals surface area contributed by atoms with Crippen LogP contribution in [0.5, 0.6) is 0 Å². The summed E-state index contributed by atoms with van der Waals surface area (Å²) in [6.45, 7) is 3.94. The first kappa shape index (κ1) is 13.0. The second kappa shape index (κ2) is 6.51. The first-order valence-electron chi connectivity index (χ1n) is 5.67. The van der Waals surface area contributed by atoms with E-state index in [1.54, 1.807) is 11.9 Å². The molecule has 90 valence electrons. The van der Waals surface area contributed by atoms with Crippen LogP contribution in [-0.2, 0) is 4.79 Å². The van der Waals surface area contributed by atoms with E-state index in [0.29, 0.717) is 13.1 Å². The Balaban J connectivity index is 2.28. The molecule has 1 rings (SSSR count). The maximum absolute atomic E-state index is 10.9. The molecule has 0 aromatic rings. The van der Waals surface area contributed by atoms with Gasteiger partial charge in [0.25, 0.3) is 0 Å². The summed E-state index contributed by atoms with van der Waals surface area (Å²) in [6.07, 6.45) is 2.20. The monoisotopic (exact) mass is 224 g/mol. The quantitative estimate of drug-likeness (QED) is 0.682. The van der Waals surface area contributed by atoms with Crippen molar-refractivity contribution in [3.63, 3.8) is 0 Å². The average molecular weight is 224 g/mol. The summed E-state index contributed by atoms with van der Waals surface area (Å²) in [4.78, 5) is 14.7. The topological polar surface area (TPSA) is 43.8 Å². The van der Waals surface area contributed by atoms with Gasteiger partial charge in [-0.3, -0.25) is 9.69 Å². The maximum Gasteiger partial charge on any atom is 0.219 e. The van der Waals surface area contributed by atoms with Crippen molar-refractivity contribution < 1.29 is 9.90 Å². The molecule has 1 atom stereocenters. The van der Waals surface area contributed by atoms with Gasteiger partial charge in [0.15, 0.2) is 0 Å². The molecule has 1 N–H and O–H groups in total. The highest BCUT2D eigenvalue weighted by molar-refractivity contribution is 5.73. The van der Waals surface area contributed by atoms with Crippen LogP contribution in [0.15, 0.2) is 0 Å². The number of aliphatic hydroxyl groups is 1. The Hall–Kier alpha value is -1.05. The van der Waals surface area contributed by atoms with Crippen molar-refractivity contribution in [3.8, 4) is 11.8 Å². The van der Waals surface area contributed by atoms with Crippen LogP contribution >= 0.6 is 0 Å². The molecule has 0 radical (unpaired) electrons. The second-order valence-corrected chi connectivity index (χ2v) is 4.18. The summed E-state index contributed by atoms with van der Waals surface area (Å²) in [5.74, 6) is 6.05. The van der Waals surface area contributed by atoms with Crippen molar-refractivity contribution >= 4 is 5.91 Å². The van der Waals surface area contributed by atoms with E-state index in [1.165, 1.54) is 6.92 Å². The largest absolute Gasteiger partial charge is 0.395 e. The van der Waals surface area contributed by atoms with E-state index >= 15 is 0 Å². The third-order valence-corrected chi connectivity index (χ3v) is 2.97. The Morgan fingerprint density at radius 1 is 1.56 bits per heavy atom. The van der Waals surface area contributed by atoms with E-state index in [2.05, 4.69) is 16.7 Å². The fraction of sp³-hybridized carbons (Fsp3) is 0.750. The zero-order valence-corrected chi connectivity index (χ0v) is 10.1. The zero-order chi connectivity index (χ0) is 12.0. The molecule has 0 aromatic carbocycles. The van der Waals surface area contributed by atoms with Gasteiger partial charge in [-0.1, -0.05) is 11.8 Å². The molecule has 1 amide bonds. The molecule has 0 aromatic heterocycles. The molecule has 1 aliphatic rings. The molecule has 0 bridgehead atoms. The molecule has 16 heavy (non-hydrogen) atoms. The normalized spacial score (nSPS) is 20.3. The Labute approximate surface area is 97.2 Å². The van der Waals surface area contributed by atoms with Crippen LogP contribution in [0.1, 0.15) is 19.8 Å². The average Bonchev–Trinajstić information content (AvgIpc) is 2.71. The maximum atomic E-state index is 10.9. The molecular formula is C12H20N2O2. The Morgan fingerprint density at radius 2 is 2.31 bits per heavy atom. The van der Waals surface area contributed by atoms with Crippen molar-refractivity contribution in [2.24, 2.45) is 0 Å². The van der Waals surface area contributed by atoms with Gasteiger partial charge in [0.2, 0.25) is 5.91 Å². The van der Waals surface area contributed by atoms with E-state index in [1.807, 2.05) is 0 Å². The van der Waals surface area contributed by atoms with Gasteiger partial charge in [0.05, 0.1) is 19.7 Å². The van der Waals surface area contributed by atoms with Crippen molar-refractivity contribution in [3.05, 3.63) is 0 Å². The molecule has 4 nitrogen and oxygen atoms in total. The van der Waals surface area contributed by atoms with Crippen LogP contribution in [0.4, 0.5) is 0 Å². The number of hydrogen-bond acceptors (Lipinski definition) is 3. The second-order valence-electron chi connectivity index (χ2n) is 4.18. The van der Waals surface area contributed by atoms with Gasteiger partial charge in [-0.25, -0.2) is 0 Å². The molecule has 0 unspecified atom stereocenters. The Kier molecular flexibility index (Phi) is 5.30. The van der Waals surface area contributed by atoms with E-state index in [0.717, 1.165) is 19.4 Å². The van der Waals surface area contributed by atoms with Gasteiger partial charge in [-0.15, -0.1) is 0 Å². The molecule has 1 saturated heterocycles. The number of nitrogens with zero attached hydrogens (tertiary/aromatic N) is 2. The summed E-state index contributed by atoms with van der Waals surface area (Å²) in [6, 6.07) is 0.278. The Bertz CT molecular complexity index is 293. The minimum Gasteiger partial charge on any atom is -0.395 e. The van der Waals surface area contributed by atoms with Gasteiger partial charge >= 0.3 is 0 Å². The number of likely N-dealkylation sites (tertiary alicyclic amines) is 1. The van der Waals surface area contributed by atoms with Crippen LogP contribution in [0, 0.1) is 11.8 Å². The predicted octanol–water partition coefficient (Wildman–Crippen LogP) is -0.0752. The van der Waals surface area contributed by atoms with Crippen LogP contribution in [0.3, 0.4) is 0 Å². The van der Waals surface area contributed by atoms with Crippen molar-refractivity contribution in [2.45, 2.75) is 25.8 Å². The predicted molar refractivity (Wildman–Crippen MR) is 62.8 cm³/mol. The van der Waals surface area contributed by atoms with Gasteiger partial charge in [-0.05, 0) is 19.4 Å². The SMILES string of the molecule is CC(=O)N(C)CC#CCN1CCC[C@H]1CO. The fourth-order valence-corrected chi connectivity index (χ4v) is 1.75. The van der Waals surface area contributed by atoms with Crippen LogP contribution in [0.25, 0.3) is 0 Å². The highest BCUT2D eigenvalue weighted by Gasteiger charge is 2.22. The molecule has 0 saturated carbocycles. The summed E-state index contributed by atoms with van der Waals surface area (Å²) in [7, 11) is 1.74. The standard InChI is InChI=1S/C12H20N2O2/c1-11(16)13(2)7-3-4-8-14-9-5-6-12(14)10-15/h12,15H,5-10H2,1-2H3/t12-/m0/s1. The summed E-state index contributed by atoms with van der Waals surface area (Å²) in [5.41, 5.74) is 0. The molecule has 0 spiro atoms. The first-order chi connectivity index (χ1) is 7.65. The van der Waals surface area contributed by atoms with Crippen LogP contribution < -0.4 is 0 Å². The van der Waals surface area contributed by atoms with Gasteiger partial charge in [0, 0.05) is 20.0 Å². The third kappa shape index (κ3) is 3.84. The molecule has 4 heteroatoms. The van der Waals surface area contributed by atoms with E-state index in [-0.39, 0.29) is 18.6 Å². The first-order valence-corrected chi connectivity index (χ1v) is 5.67. The smallest absolute Gasteiger partial charge is 0.219 e. The molecule has 1 aliphatic heterocycles. The third-order valence-electron chi connectivity index (χ3n) is 2.97. The lowest BCUT2D eigenvalue weighted by molar-refractivity contribution is -0.126. The van der Waals surface area contributed by atoms with Crippen molar-refractivity contribution in [2.75, 3.05) is 33.3 Å². The number of carbonyl (C=O) groups excluding carboxylic acids is 1. The minimum atomic E-state index is 0.0312. The van der Waals surface area contributed by atoms with Crippen molar-refractivity contribution in [1.29, 1.82) is 0 Å². The highest BCUT2D eigenvalue weighted by Crippen LogP contribution is 2.15. The summed E-state index contributed by atoms with van der Waals surface area (Å²) < 4.78 is 0. The lowest BCUT2D eigenvalue weighted by Crippen LogP contribution is -2.32. The lowest BCUT2D eigenvalue weighted by Gasteiger charge is -2.19. The van der Waals surface area contributed by atoms with Crippen LogP contribution in [-0.4, -0.2) is 60.1 Å². The number of carbonyl (C=O) groups is 1. The molecule has 0 aliphatic carbocycles. The molecular weight excluding hydrogens is 204 g/mol. The Morgan fingerprint density at radius 3 is 2.94 bits per heavy atom. The fourth-order valence-electron chi connectivity index (χ4n) is 1.75. The highest BCUT2D eigenvalue weighted by atomic mass is 16.3. The minimum absolute atomic E-state index is 0.0312. The lowest BCUT2D eigenvalue weighted by atomic mass is 10.2. The number of hydrogen-bond donors (Lipinski definition) is 1. The summed E-state index contributed by atoms with van der Waals surface area (Å²) >= 11 is 0. The zero-order valence-electron chi connectivity index (χ0n) is 10.1. The van der Waals surface area contributed by atoms with Crippen molar-refractivity contribution in [1.82, 2.24) is 9.80 Å².